The predicted molar refractivity (Wildman–Crippen MR) is 86.0 cm³/mol. The van der Waals surface area contributed by atoms with Crippen LogP contribution in [0, 0.1) is 10.8 Å². The highest BCUT2D eigenvalue weighted by Gasteiger charge is 2.37. The molecule has 0 unspecified atom stereocenters. The molecule has 2 nitrogen and oxygen atoms in total. The van der Waals surface area contributed by atoms with Crippen LogP contribution in [-0.4, -0.2) is 37.1 Å². The molecule has 2 saturated carbocycles. The number of nitrogens with one attached hydrogen (secondary N) is 1. The van der Waals surface area contributed by atoms with Crippen molar-refractivity contribution in [1.82, 2.24) is 10.2 Å². The van der Waals surface area contributed by atoms with E-state index in [2.05, 4.69) is 24.1 Å². The van der Waals surface area contributed by atoms with Crippen LogP contribution in [0.3, 0.4) is 0 Å². The summed E-state index contributed by atoms with van der Waals surface area (Å²) in [6.07, 6.45) is 13.0. The predicted octanol–water partition coefficient (Wildman–Crippen LogP) is 3.81. The van der Waals surface area contributed by atoms with E-state index in [-0.39, 0.29) is 0 Å². The van der Waals surface area contributed by atoms with E-state index >= 15 is 0 Å². The number of nitrogens with zero attached hydrogens (tertiary/aromatic N) is 1. The summed E-state index contributed by atoms with van der Waals surface area (Å²) in [5.41, 5.74) is 1.13. The van der Waals surface area contributed by atoms with Crippen molar-refractivity contribution >= 4 is 0 Å². The van der Waals surface area contributed by atoms with E-state index in [1.54, 1.807) is 0 Å². The number of hydrogen-bond donors (Lipinski definition) is 1. The minimum atomic E-state index is 0.540. The fourth-order valence-corrected chi connectivity index (χ4v) is 4.49. The monoisotopic (exact) mass is 278 g/mol. The second-order valence-corrected chi connectivity index (χ2v) is 8.69. The van der Waals surface area contributed by atoms with Gasteiger partial charge in [-0.25, -0.2) is 0 Å². The molecule has 0 atom stereocenters. The Kier molecular flexibility index (Phi) is 4.42. The van der Waals surface area contributed by atoms with Crippen LogP contribution in [0.2, 0.25) is 0 Å². The van der Waals surface area contributed by atoms with Crippen molar-refractivity contribution in [3.63, 3.8) is 0 Å². The second-order valence-electron chi connectivity index (χ2n) is 8.69. The van der Waals surface area contributed by atoms with Gasteiger partial charge >= 0.3 is 0 Å². The normalized spacial score (nSPS) is 30.3. The van der Waals surface area contributed by atoms with E-state index in [9.17, 15) is 0 Å². The lowest BCUT2D eigenvalue weighted by molar-refractivity contribution is 0.0486. The van der Waals surface area contributed by atoms with Gasteiger partial charge in [-0.2, -0.15) is 0 Å². The molecule has 3 rings (SSSR count). The number of likely N-dealkylation sites (tertiary alicyclic amines) is 1. The summed E-state index contributed by atoms with van der Waals surface area (Å²) in [5.74, 6) is 0. The molecule has 1 N–H and O–H groups in total. The number of piperidine rings is 1. The Morgan fingerprint density at radius 1 is 1.00 bits per heavy atom. The first kappa shape index (κ1) is 14.8. The lowest BCUT2D eigenvalue weighted by Gasteiger charge is -2.46. The van der Waals surface area contributed by atoms with Crippen molar-refractivity contribution in [3.8, 4) is 0 Å². The van der Waals surface area contributed by atoms with Crippen LogP contribution in [0.1, 0.15) is 71.6 Å². The highest BCUT2D eigenvalue weighted by Crippen LogP contribution is 2.39. The SMILES string of the molecule is CC1(C)CCCN(CC2(CNC3CC3)CCCCC2)C1. The molecule has 0 radical (unpaired) electrons. The Morgan fingerprint density at radius 3 is 2.40 bits per heavy atom. The topological polar surface area (TPSA) is 15.3 Å². The maximum absolute atomic E-state index is 3.85. The molecular weight excluding hydrogens is 244 g/mol. The smallest absolute Gasteiger partial charge is 0.00684 e. The quantitative estimate of drug-likeness (QED) is 0.822. The molecular formula is C18H34N2. The Hall–Kier alpha value is -0.0800. The van der Waals surface area contributed by atoms with Crippen LogP contribution in [0.15, 0.2) is 0 Å². The maximum atomic E-state index is 3.85. The van der Waals surface area contributed by atoms with Gasteiger partial charge in [0.1, 0.15) is 0 Å². The van der Waals surface area contributed by atoms with Crippen molar-refractivity contribution in [1.29, 1.82) is 0 Å². The zero-order valence-corrected chi connectivity index (χ0v) is 13.7. The standard InChI is InChI=1S/C18H34N2/c1-17(2)9-6-12-20(14-17)15-18(10-4-3-5-11-18)13-19-16-7-8-16/h16,19H,3-15H2,1-2H3. The van der Waals surface area contributed by atoms with Crippen LogP contribution < -0.4 is 5.32 Å². The third-order valence-electron chi connectivity index (χ3n) is 5.80. The summed E-state index contributed by atoms with van der Waals surface area (Å²) in [6, 6.07) is 0.867. The summed E-state index contributed by atoms with van der Waals surface area (Å²) in [5, 5.41) is 3.85. The average molecular weight is 278 g/mol. The molecule has 2 aliphatic carbocycles. The molecule has 0 spiro atoms. The van der Waals surface area contributed by atoms with E-state index in [1.807, 2.05) is 0 Å². The fraction of sp³-hybridized carbons (Fsp3) is 1.00. The first-order chi connectivity index (χ1) is 9.57. The molecule has 116 valence electrons. The number of hydrogen-bond acceptors (Lipinski definition) is 2. The van der Waals surface area contributed by atoms with E-state index in [4.69, 9.17) is 0 Å². The summed E-state index contributed by atoms with van der Waals surface area (Å²) in [4.78, 5) is 2.80. The molecule has 20 heavy (non-hydrogen) atoms. The van der Waals surface area contributed by atoms with Gasteiger partial charge in [0, 0.05) is 25.7 Å². The zero-order valence-electron chi connectivity index (χ0n) is 13.7. The van der Waals surface area contributed by atoms with Crippen molar-refractivity contribution in [2.45, 2.75) is 77.7 Å². The molecule has 3 aliphatic rings. The van der Waals surface area contributed by atoms with Gasteiger partial charge < -0.3 is 10.2 Å². The van der Waals surface area contributed by atoms with E-state index in [0.29, 0.717) is 10.8 Å². The van der Waals surface area contributed by atoms with E-state index in [1.165, 1.54) is 84.0 Å². The van der Waals surface area contributed by atoms with Gasteiger partial charge in [-0.1, -0.05) is 33.1 Å². The summed E-state index contributed by atoms with van der Waals surface area (Å²) < 4.78 is 0. The first-order valence-corrected chi connectivity index (χ1v) is 9.03. The van der Waals surface area contributed by atoms with Gasteiger partial charge in [0.05, 0.1) is 0 Å². The van der Waals surface area contributed by atoms with Crippen molar-refractivity contribution in [3.05, 3.63) is 0 Å². The highest BCUT2D eigenvalue weighted by atomic mass is 15.2. The first-order valence-electron chi connectivity index (χ1n) is 9.03. The van der Waals surface area contributed by atoms with Gasteiger partial charge in [0.15, 0.2) is 0 Å². The number of rotatable bonds is 5. The van der Waals surface area contributed by atoms with Gasteiger partial charge in [0.25, 0.3) is 0 Å². The van der Waals surface area contributed by atoms with Crippen LogP contribution in [0.25, 0.3) is 0 Å². The van der Waals surface area contributed by atoms with Gasteiger partial charge in [-0.3, -0.25) is 0 Å². The van der Waals surface area contributed by atoms with E-state index in [0.717, 1.165) is 6.04 Å². The highest BCUT2D eigenvalue weighted by molar-refractivity contribution is 4.93. The molecule has 2 heteroatoms. The molecule has 1 heterocycles. The van der Waals surface area contributed by atoms with Gasteiger partial charge in [0.2, 0.25) is 0 Å². The van der Waals surface area contributed by atoms with Gasteiger partial charge in [-0.15, -0.1) is 0 Å². The van der Waals surface area contributed by atoms with Crippen LogP contribution in [-0.2, 0) is 0 Å². The summed E-state index contributed by atoms with van der Waals surface area (Å²) >= 11 is 0. The van der Waals surface area contributed by atoms with Gasteiger partial charge in [-0.05, 0) is 55.9 Å². The fourth-order valence-electron chi connectivity index (χ4n) is 4.49. The Morgan fingerprint density at radius 2 is 1.75 bits per heavy atom. The Labute approximate surface area is 125 Å². The van der Waals surface area contributed by atoms with Crippen molar-refractivity contribution in [2.75, 3.05) is 26.2 Å². The molecule has 1 aliphatic heterocycles. The third kappa shape index (κ3) is 3.98. The molecule has 0 aromatic carbocycles. The minimum Gasteiger partial charge on any atom is -0.313 e. The summed E-state index contributed by atoms with van der Waals surface area (Å²) in [6.45, 7) is 10.2. The largest absolute Gasteiger partial charge is 0.313 e. The van der Waals surface area contributed by atoms with Crippen LogP contribution in [0.5, 0.6) is 0 Å². The Bertz CT molecular complexity index is 313. The Balaban J connectivity index is 1.59. The average Bonchev–Trinajstić information content (AvgIpc) is 3.20. The maximum Gasteiger partial charge on any atom is 0.00684 e. The molecule has 0 bridgehead atoms. The molecule has 0 amide bonds. The molecule has 0 aromatic heterocycles. The van der Waals surface area contributed by atoms with Crippen molar-refractivity contribution in [2.24, 2.45) is 10.8 Å². The minimum absolute atomic E-state index is 0.540. The molecule has 1 saturated heterocycles. The van der Waals surface area contributed by atoms with E-state index < -0.39 is 0 Å². The molecule has 0 aromatic rings. The van der Waals surface area contributed by atoms with Crippen LogP contribution in [0.4, 0.5) is 0 Å². The lowest BCUT2D eigenvalue weighted by atomic mass is 9.72. The summed E-state index contributed by atoms with van der Waals surface area (Å²) in [7, 11) is 0. The van der Waals surface area contributed by atoms with Crippen molar-refractivity contribution < 1.29 is 0 Å². The lowest BCUT2D eigenvalue weighted by Crippen LogP contribution is -2.50. The second kappa shape index (κ2) is 5.96. The molecule has 3 fully saturated rings. The van der Waals surface area contributed by atoms with Crippen LogP contribution >= 0.6 is 0 Å². The third-order valence-corrected chi connectivity index (χ3v) is 5.80. The zero-order chi connectivity index (χ0) is 14.1.